The van der Waals surface area contributed by atoms with Gasteiger partial charge in [0.25, 0.3) is 5.91 Å². The Hall–Kier alpha value is -1.95. The Morgan fingerprint density at radius 1 is 1.12 bits per heavy atom. The van der Waals surface area contributed by atoms with Gasteiger partial charge in [-0.3, -0.25) is 4.79 Å². The summed E-state index contributed by atoms with van der Waals surface area (Å²) >= 11 is 3.25. The molecular formula is C18H17BrF2N2O. The maximum absolute atomic E-state index is 13.8. The molecule has 3 nitrogen and oxygen atoms in total. The molecule has 1 aliphatic rings. The van der Waals surface area contributed by atoms with Gasteiger partial charge in [-0.15, -0.1) is 0 Å². The van der Waals surface area contributed by atoms with Gasteiger partial charge in [-0.2, -0.15) is 0 Å². The van der Waals surface area contributed by atoms with E-state index in [0.29, 0.717) is 4.47 Å². The van der Waals surface area contributed by atoms with Crippen LogP contribution in [0.5, 0.6) is 0 Å². The second-order valence-electron chi connectivity index (χ2n) is 5.84. The molecule has 126 valence electrons. The predicted octanol–water partition coefficient (Wildman–Crippen LogP) is 4.13. The molecule has 0 aromatic heterocycles. The lowest BCUT2D eigenvalue weighted by molar-refractivity contribution is 0.0927. The number of nitrogens with zero attached hydrogens (tertiary/aromatic N) is 1. The monoisotopic (exact) mass is 394 g/mol. The molecule has 0 saturated carbocycles. The molecule has 0 unspecified atom stereocenters. The van der Waals surface area contributed by atoms with Crippen LogP contribution in [-0.4, -0.2) is 25.0 Å². The summed E-state index contributed by atoms with van der Waals surface area (Å²) in [4.78, 5) is 14.3. The van der Waals surface area contributed by atoms with Gasteiger partial charge in [0, 0.05) is 29.3 Å². The first kappa shape index (κ1) is 16.9. The highest BCUT2D eigenvalue weighted by Crippen LogP contribution is 2.21. The molecular weight excluding hydrogens is 378 g/mol. The average Bonchev–Trinajstić information content (AvgIpc) is 2.57. The van der Waals surface area contributed by atoms with Gasteiger partial charge < -0.3 is 10.2 Å². The molecule has 1 N–H and O–H groups in total. The first-order valence-corrected chi connectivity index (χ1v) is 8.58. The molecule has 1 heterocycles. The van der Waals surface area contributed by atoms with E-state index >= 15 is 0 Å². The summed E-state index contributed by atoms with van der Waals surface area (Å²) in [7, 11) is 0. The van der Waals surface area contributed by atoms with Crippen molar-refractivity contribution in [3.8, 4) is 0 Å². The van der Waals surface area contributed by atoms with Crippen molar-refractivity contribution < 1.29 is 13.6 Å². The third-order valence-electron chi connectivity index (χ3n) is 4.18. The fraction of sp³-hybridized carbons (Fsp3) is 0.278. The number of piperidine rings is 1. The van der Waals surface area contributed by atoms with Gasteiger partial charge in [-0.1, -0.05) is 22.0 Å². The zero-order chi connectivity index (χ0) is 17.1. The largest absolute Gasteiger partial charge is 0.371 e. The highest BCUT2D eigenvalue weighted by molar-refractivity contribution is 9.10. The van der Waals surface area contributed by atoms with Crippen LogP contribution in [0.1, 0.15) is 23.2 Å². The summed E-state index contributed by atoms with van der Waals surface area (Å²) in [5, 5.41) is 2.89. The molecule has 1 saturated heterocycles. The average molecular weight is 395 g/mol. The molecule has 0 bridgehead atoms. The SMILES string of the molecule is O=C(NC1CCN(c2cccc(F)c2)CC1)c1cc(Br)ccc1F. The van der Waals surface area contributed by atoms with Crippen LogP contribution in [0.3, 0.4) is 0 Å². The molecule has 1 aliphatic heterocycles. The Bertz CT molecular complexity index is 746. The van der Waals surface area contributed by atoms with E-state index in [1.54, 1.807) is 12.1 Å². The third-order valence-corrected chi connectivity index (χ3v) is 4.67. The maximum atomic E-state index is 13.8. The Labute approximate surface area is 147 Å². The number of halogens is 3. The minimum absolute atomic E-state index is 0.0132. The number of hydrogen-bond donors (Lipinski definition) is 1. The summed E-state index contributed by atoms with van der Waals surface area (Å²) < 4.78 is 27.7. The molecule has 0 aliphatic carbocycles. The van der Waals surface area contributed by atoms with E-state index in [2.05, 4.69) is 26.1 Å². The van der Waals surface area contributed by atoms with Gasteiger partial charge >= 0.3 is 0 Å². The Morgan fingerprint density at radius 2 is 1.88 bits per heavy atom. The normalized spacial score (nSPS) is 15.4. The molecule has 1 amide bonds. The van der Waals surface area contributed by atoms with Crippen molar-refractivity contribution in [3.63, 3.8) is 0 Å². The van der Waals surface area contributed by atoms with Crippen LogP contribution in [0.4, 0.5) is 14.5 Å². The van der Waals surface area contributed by atoms with Crippen LogP contribution in [0.15, 0.2) is 46.9 Å². The van der Waals surface area contributed by atoms with E-state index in [1.807, 2.05) is 6.07 Å². The number of benzene rings is 2. The molecule has 3 rings (SSSR count). The summed E-state index contributed by atoms with van der Waals surface area (Å²) in [6, 6.07) is 10.8. The van der Waals surface area contributed by atoms with Gasteiger partial charge in [0.15, 0.2) is 0 Å². The van der Waals surface area contributed by atoms with E-state index in [1.165, 1.54) is 24.3 Å². The predicted molar refractivity (Wildman–Crippen MR) is 93.2 cm³/mol. The van der Waals surface area contributed by atoms with E-state index in [-0.39, 0.29) is 17.4 Å². The third kappa shape index (κ3) is 3.93. The van der Waals surface area contributed by atoms with Crippen molar-refractivity contribution in [1.82, 2.24) is 5.32 Å². The van der Waals surface area contributed by atoms with Gasteiger partial charge in [0.1, 0.15) is 11.6 Å². The quantitative estimate of drug-likeness (QED) is 0.848. The summed E-state index contributed by atoms with van der Waals surface area (Å²) in [5.74, 6) is -1.20. The lowest BCUT2D eigenvalue weighted by Crippen LogP contribution is -2.44. The lowest BCUT2D eigenvalue weighted by atomic mass is 10.0. The lowest BCUT2D eigenvalue weighted by Gasteiger charge is -2.34. The zero-order valence-electron chi connectivity index (χ0n) is 12.9. The van der Waals surface area contributed by atoms with Gasteiger partial charge in [0.05, 0.1) is 5.56 Å². The van der Waals surface area contributed by atoms with Crippen molar-refractivity contribution in [3.05, 3.63) is 64.1 Å². The Kier molecular flexibility index (Phi) is 5.14. The van der Waals surface area contributed by atoms with Gasteiger partial charge in [0.2, 0.25) is 0 Å². The second kappa shape index (κ2) is 7.30. The van der Waals surface area contributed by atoms with Crippen molar-refractivity contribution in [2.75, 3.05) is 18.0 Å². The first-order chi connectivity index (χ1) is 11.5. The minimum atomic E-state index is -0.534. The van der Waals surface area contributed by atoms with E-state index in [9.17, 15) is 13.6 Å². The highest BCUT2D eigenvalue weighted by Gasteiger charge is 2.22. The number of amides is 1. The standard InChI is InChI=1S/C18H17BrF2N2O/c19-12-4-5-17(21)16(10-12)18(24)22-14-6-8-23(9-7-14)15-3-1-2-13(20)11-15/h1-5,10-11,14H,6-9H2,(H,22,24). The molecule has 2 aromatic rings. The Morgan fingerprint density at radius 3 is 2.58 bits per heavy atom. The number of nitrogens with one attached hydrogen (secondary N) is 1. The molecule has 0 atom stereocenters. The van der Waals surface area contributed by atoms with Crippen LogP contribution < -0.4 is 10.2 Å². The molecule has 1 fully saturated rings. The van der Waals surface area contributed by atoms with Crippen molar-refractivity contribution in [2.45, 2.75) is 18.9 Å². The topological polar surface area (TPSA) is 32.3 Å². The van der Waals surface area contributed by atoms with Crippen LogP contribution in [-0.2, 0) is 0 Å². The van der Waals surface area contributed by atoms with Gasteiger partial charge in [-0.05, 0) is 49.2 Å². The second-order valence-corrected chi connectivity index (χ2v) is 6.75. The number of anilines is 1. The van der Waals surface area contributed by atoms with Crippen LogP contribution >= 0.6 is 15.9 Å². The Balaban J connectivity index is 1.59. The van der Waals surface area contributed by atoms with Crippen LogP contribution in [0.2, 0.25) is 0 Å². The summed E-state index contributed by atoms with van der Waals surface area (Å²) in [6.07, 6.45) is 1.47. The zero-order valence-corrected chi connectivity index (χ0v) is 14.5. The van der Waals surface area contributed by atoms with Crippen molar-refractivity contribution in [1.29, 1.82) is 0 Å². The molecule has 24 heavy (non-hydrogen) atoms. The minimum Gasteiger partial charge on any atom is -0.371 e. The highest BCUT2D eigenvalue weighted by atomic mass is 79.9. The van der Waals surface area contributed by atoms with Crippen LogP contribution in [0, 0.1) is 11.6 Å². The van der Waals surface area contributed by atoms with Crippen molar-refractivity contribution in [2.24, 2.45) is 0 Å². The van der Waals surface area contributed by atoms with E-state index in [0.717, 1.165) is 31.6 Å². The number of carbonyl (C=O) groups is 1. The molecule has 6 heteroatoms. The molecule has 2 aromatic carbocycles. The van der Waals surface area contributed by atoms with Gasteiger partial charge in [-0.25, -0.2) is 8.78 Å². The smallest absolute Gasteiger partial charge is 0.254 e. The van der Waals surface area contributed by atoms with Crippen LogP contribution in [0.25, 0.3) is 0 Å². The summed E-state index contributed by atoms with van der Waals surface area (Å²) in [5.41, 5.74) is 0.884. The molecule has 0 spiro atoms. The maximum Gasteiger partial charge on any atom is 0.254 e. The van der Waals surface area contributed by atoms with E-state index in [4.69, 9.17) is 0 Å². The summed E-state index contributed by atoms with van der Waals surface area (Å²) in [6.45, 7) is 1.44. The number of hydrogen-bond acceptors (Lipinski definition) is 2. The fourth-order valence-electron chi connectivity index (χ4n) is 2.89. The van der Waals surface area contributed by atoms with E-state index < -0.39 is 11.7 Å². The first-order valence-electron chi connectivity index (χ1n) is 7.79. The molecule has 0 radical (unpaired) electrons. The number of carbonyl (C=O) groups excluding carboxylic acids is 1. The number of rotatable bonds is 3. The van der Waals surface area contributed by atoms with Crippen molar-refractivity contribution >= 4 is 27.5 Å². The fourth-order valence-corrected chi connectivity index (χ4v) is 3.25.